The minimum absolute atomic E-state index is 0.136. The first-order chi connectivity index (χ1) is 14.0. The van der Waals surface area contributed by atoms with E-state index in [4.69, 9.17) is 19.9 Å². The molecule has 0 spiro atoms. The summed E-state index contributed by atoms with van der Waals surface area (Å²) in [5.41, 5.74) is 10.5. The number of hydrogen-bond donors (Lipinski definition) is 2. The molecule has 8 nitrogen and oxygen atoms in total. The third-order valence-electron chi connectivity index (χ3n) is 5.28. The van der Waals surface area contributed by atoms with Gasteiger partial charge in [-0.2, -0.15) is 4.98 Å². The molecular formula is C21H20N4O4. The fraction of sp³-hybridized carbons (Fsp3) is 0.286. The molecule has 3 N–H and O–H groups in total. The quantitative estimate of drug-likeness (QED) is 0.546. The molecule has 1 unspecified atom stereocenters. The van der Waals surface area contributed by atoms with Gasteiger partial charge in [0.05, 0.1) is 18.0 Å². The van der Waals surface area contributed by atoms with Crippen molar-refractivity contribution in [2.45, 2.75) is 26.3 Å². The van der Waals surface area contributed by atoms with E-state index >= 15 is 0 Å². The highest BCUT2D eigenvalue weighted by molar-refractivity contribution is 5.89. The van der Waals surface area contributed by atoms with Crippen LogP contribution in [0, 0.1) is 5.92 Å². The highest BCUT2D eigenvalue weighted by Gasteiger charge is 2.22. The van der Waals surface area contributed by atoms with Crippen LogP contribution in [-0.4, -0.2) is 32.2 Å². The molecule has 0 bridgehead atoms. The van der Waals surface area contributed by atoms with E-state index in [1.54, 1.807) is 6.92 Å². The monoisotopic (exact) mass is 392 g/mol. The Kier molecular flexibility index (Phi) is 3.94. The zero-order valence-electron chi connectivity index (χ0n) is 15.9. The molecule has 0 amide bonds. The first kappa shape index (κ1) is 17.5. The van der Waals surface area contributed by atoms with Crippen molar-refractivity contribution >= 4 is 34.1 Å². The molecule has 29 heavy (non-hydrogen) atoms. The fourth-order valence-electron chi connectivity index (χ4n) is 3.88. The van der Waals surface area contributed by atoms with Crippen molar-refractivity contribution in [2.75, 3.05) is 12.3 Å². The first-order valence-electron chi connectivity index (χ1n) is 9.55. The van der Waals surface area contributed by atoms with Crippen molar-refractivity contribution in [3.05, 3.63) is 35.9 Å². The summed E-state index contributed by atoms with van der Waals surface area (Å²) in [6, 6.07) is 9.73. The number of aryl methyl sites for hydroxylation is 1. The Morgan fingerprint density at radius 1 is 1.28 bits per heavy atom. The Morgan fingerprint density at radius 3 is 2.97 bits per heavy atom. The number of fused-ring (bicyclic) bond motifs is 1. The van der Waals surface area contributed by atoms with Crippen LogP contribution in [0.3, 0.4) is 0 Å². The van der Waals surface area contributed by atoms with Gasteiger partial charge in [0.25, 0.3) is 6.01 Å². The number of ether oxygens (including phenoxy) is 1. The molecule has 1 aliphatic rings. The number of imidazole rings is 1. The summed E-state index contributed by atoms with van der Waals surface area (Å²) in [4.78, 5) is 20.4. The lowest BCUT2D eigenvalue weighted by atomic mass is 10.0. The molecule has 0 saturated carbocycles. The predicted molar refractivity (Wildman–Crippen MR) is 108 cm³/mol. The van der Waals surface area contributed by atoms with Gasteiger partial charge >= 0.3 is 5.97 Å². The highest BCUT2D eigenvalue weighted by Crippen LogP contribution is 2.35. The van der Waals surface area contributed by atoms with Crippen molar-refractivity contribution in [2.24, 2.45) is 5.92 Å². The van der Waals surface area contributed by atoms with Crippen molar-refractivity contribution in [3.63, 3.8) is 0 Å². The summed E-state index contributed by atoms with van der Waals surface area (Å²) >= 11 is 0. The number of hydrogen-bond acceptors (Lipinski definition) is 6. The number of rotatable bonds is 4. The van der Waals surface area contributed by atoms with Crippen LogP contribution in [0.1, 0.15) is 18.9 Å². The number of carboxylic acid groups (broad SMARTS) is 1. The van der Waals surface area contributed by atoms with Crippen LogP contribution in [0.5, 0.6) is 5.75 Å². The molecule has 0 fully saturated rings. The van der Waals surface area contributed by atoms with Crippen molar-refractivity contribution < 1.29 is 19.1 Å². The zero-order chi connectivity index (χ0) is 20.1. The molecule has 0 saturated heterocycles. The molecule has 4 aromatic rings. The Labute approximate surface area is 165 Å². The Hall–Kier alpha value is -3.55. The minimum atomic E-state index is -0.816. The van der Waals surface area contributed by atoms with Crippen LogP contribution in [0.15, 0.2) is 34.7 Å². The largest absolute Gasteiger partial charge is 0.491 e. The first-order valence-corrected chi connectivity index (χ1v) is 9.55. The summed E-state index contributed by atoms with van der Waals surface area (Å²) in [5.74, 6) is 0.270. The molecule has 1 aliphatic heterocycles. The van der Waals surface area contributed by atoms with E-state index in [-0.39, 0.29) is 6.01 Å². The van der Waals surface area contributed by atoms with Gasteiger partial charge in [-0.3, -0.25) is 4.79 Å². The maximum absolute atomic E-state index is 11.3. The second-order valence-corrected chi connectivity index (χ2v) is 7.43. The van der Waals surface area contributed by atoms with Gasteiger partial charge in [-0.1, -0.05) is 6.92 Å². The molecule has 0 radical (unpaired) electrons. The lowest BCUT2D eigenvalue weighted by Gasteiger charge is -2.10. The number of aliphatic carboxylic acids is 1. The summed E-state index contributed by atoms with van der Waals surface area (Å²) < 4.78 is 13.5. The second kappa shape index (κ2) is 6.51. The molecule has 0 aliphatic carbocycles. The standard InChI is InChI=1S/C21H20N4O4/c1-11(20(26)27)7-12-8-15-18-17(9-12)28-6-2-5-25(18)19(23-15)13-3-4-16-14(10-13)24-21(22)29-16/h3-4,8-11H,2,5-7H2,1H3,(H2,22,24)(H,26,27). The van der Waals surface area contributed by atoms with Crippen LogP contribution in [-0.2, 0) is 17.8 Å². The van der Waals surface area contributed by atoms with Gasteiger partial charge in [0.15, 0.2) is 5.58 Å². The smallest absolute Gasteiger partial charge is 0.306 e. The van der Waals surface area contributed by atoms with Gasteiger partial charge in [0.1, 0.15) is 22.6 Å². The summed E-state index contributed by atoms with van der Waals surface area (Å²) in [6.07, 6.45) is 1.28. The van der Waals surface area contributed by atoms with E-state index in [2.05, 4.69) is 9.55 Å². The summed E-state index contributed by atoms with van der Waals surface area (Å²) in [7, 11) is 0. The molecule has 2 aromatic heterocycles. The number of nitrogen functional groups attached to an aromatic ring is 1. The molecular weight excluding hydrogens is 372 g/mol. The van der Waals surface area contributed by atoms with E-state index in [1.807, 2.05) is 30.3 Å². The molecule has 5 rings (SSSR count). The zero-order valence-corrected chi connectivity index (χ0v) is 15.9. The summed E-state index contributed by atoms with van der Waals surface area (Å²) in [6.45, 7) is 3.09. The van der Waals surface area contributed by atoms with E-state index in [1.165, 1.54) is 0 Å². The topological polar surface area (TPSA) is 116 Å². The van der Waals surface area contributed by atoms with E-state index in [9.17, 15) is 9.90 Å². The molecule has 148 valence electrons. The maximum atomic E-state index is 11.3. The normalized spacial score (nSPS) is 14.7. The predicted octanol–water partition coefficient (Wildman–Crippen LogP) is 3.47. The SMILES string of the molecule is CC(Cc1cc2c3c(c1)nc(-c1ccc4oc(N)nc4c1)n3CCCO2)C(=O)O. The van der Waals surface area contributed by atoms with Crippen LogP contribution in [0.25, 0.3) is 33.5 Å². The number of benzene rings is 2. The van der Waals surface area contributed by atoms with Gasteiger partial charge in [-0.25, -0.2) is 4.98 Å². The maximum Gasteiger partial charge on any atom is 0.306 e. The Bertz CT molecular complexity index is 1260. The van der Waals surface area contributed by atoms with E-state index in [0.717, 1.165) is 46.7 Å². The third kappa shape index (κ3) is 2.97. The number of aromatic nitrogens is 3. The van der Waals surface area contributed by atoms with Gasteiger partial charge < -0.3 is 24.6 Å². The number of oxazole rings is 1. The minimum Gasteiger partial charge on any atom is -0.491 e. The molecule has 3 heterocycles. The molecule has 8 heteroatoms. The van der Waals surface area contributed by atoms with E-state index in [0.29, 0.717) is 24.1 Å². The van der Waals surface area contributed by atoms with Gasteiger partial charge in [-0.15, -0.1) is 0 Å². The van der Waals surface area contributed by atoms with Crippen LogP contribution in [0.4, 0.5) is 6.01 Å². The average Bonchev–Trinajstić information content (AvgIpc) is 3.15. The van der Waals surface area contributed by atoms with Crippen molar-refractivity contribution in [1.82, 2.24) is 14.5 Å². The second-order valence-electron chi connectivity index (χ2n) is 7.43. The fourth-order valence-corrected chi connectivity index (χ4v) is 3.88. The van der Waals surface area contributed by atoms with Crippen LogP contribution < -0.4 is 10.5 Å². The number of carbonyl (C=O) groups is 1. The Morgan fingerprint density at radius 2 is 2.14 bits per heavy atom. The Balaban J connectivity index is 1.67. The molecule has 2 aromatic carbocycles. The third-order valence-corrected chi connectivity index (χ3v) is 5.28. The molecule has 1 atom stereocenters. The highest BCUT2D eigenvalue weighted by atomic mass is 16.5. The number of carboxylic acids is 1. The van der Waals surface area contributed by atoms with Crippen LogP contribution in [0.2, 0.25) is 0 Å². The van der Waals surface area contributed by atoms with Gasteiger partial charge in [0, 0.05) is 12.1 Å². The van der Waals surface area contributed by atoms with Gasteiger partial charge in [0.2, 0.25) is 0 Å². The van der Waals surface area contributed by atoms with Gasteiger partial charge in [-0.05, 0) is 48.7 Å². The van der Waals surface area contributed by atoms with Crippen molar-refractivity contribution in [1.29, 1.82) is 0 Å². The average molecular weight is 392 g/mol. The number of nitrogens with zero attached hydrogens (tertiary/aromatic N) is 3. The lowest BCUT2D eigenvalue weighted by molar-refractivity contribution is -0.141. The van der Waals surface area contributed by atoms with Crippen LogP contribution >= 0.6 is 0 Å². The number of nitrogens with two attached hydrogens (primary N) is 1. The van der Waals surface area contributed by atoms with Crippen molar-refractivity contribution in [3.8, 4) is 17.1 Å². The van der Waals surface area contributed by atoms with E-state index < -0.39 is 11.9 Å². The lowest BCUT2D eigenvalue weighted by Crippen LogP contribution is -2.12. The summed E-state index contributed by atoms with van der Waals surface area (Å²) in [5, 5.41) is 9.25. The number of anilines is 1.